The number of halogens is 7. The van der Waals surface area contributed by atoms with Gasteiger partial charge in [0, 0.05) is 39.0 Å². The number of alkyl halides is 6. The van der Waals surface area contributed by atoms with Crippen LogP contribution in [0.5, 0.6) is 5.75 Å². The van der Waals surface area contributed by atoms with E-state index in [1.807, 2.05) is 0 Å². The molecule has 2 atom stereocenters. The lowest BCUT2D eigenvalue weighted by Gasteiger charge is -2.39. The number of nitrogens with one attached hydrogen (secondary N) is 1. The van der Waals surface area contributed by atoms with Crippen molar-refractivity contribution in [2.45, 2.75) is 25.2 Å². The predicted octanol–water partition coefficient (Wildman–Crippen LogP) is 4.26. The predicted molar refractivity (Wildman–Crippen MR) is 135 cm³/mol. The van der Waals surface area contributed by atoms with Gasteiger partial charge in [-0.2, -0.15) is 26.3 Å². The van der Waals surface area contributed by atoms with Gasteiger partial charge in [-0.15, -0.1) is 0 Å². The molecule has 1 fully saturated rings. The van der Waals surface area contributed by atoms with Gasteiger partial charge in [-0.3, -0.25) is 9.59 Å². The number of carbonyl (C=O) groups excluding carboxylic acids is 1. The van der Waals surface area contributed by atoms with Gasteiger partial charge in [0.15, 0.2) is 12.4 Å². The zero-order valence-corrected chi connectivity index (χ0v) is 22.0. The molecule has 1 N–H and O–H groups in total. The SMILES string of the molecule is CNC(=O)COc1cc2cc(Cc3nc(N4C[C@H](C(F)(F)F)C[C@H](C(F)(F)F)C4)ncc3Cl)ccc2n(C)c1=O. The number of rotatable bonds is 6. The number of carbonyl (C=O) groups is 1. The number of aromatic nitrogens is 3. The molecule has 1 aliphatic rings. The fraction of sp³-hybridized carbons (Fsp3) is 0.440. The van der Waals surface area contributed by atoms with E-state index in [9.17, 15) is 35.9 Å². The molecular weight excluding hydrogens is 568 g/mol. The van der Waals surface area contributed by atoms with Crippen LogP contribution in [0.2, 0.25) is 5.02 Å². The number of aryl methyl sites for hydroxylation is 1. The van der Waals surface area contributed by atoms with Crippen molar-refractivity contribution in [3.8, 4) is 5.75 Å². The molecular formula is C25H24ClF6N5O3. The highest BCUT2D eigenvalue weighted by molar-refractivity contribution is 6.31. The highest BCUT2D eigenvalue weighted by Gasteiger charge is 2.52. The van der Waals surface area contributed by atoms with Crippen molar-refractivity contribution in [1.82, 2.24) is 19.9 Å². The first-order valence-electron chi connectivity index (χ1n) is 12.0. The summed E-state index contributed by atoms with van der Waals surface area (Å²) >= 11 is 6.25. The molecule has 40 heavy (non-hydrogen) atoms. The number of pyridine rings is 1. The third-order valence-corrected chi connectivity index (χ3v) is 7.04. The number of nitrogens with zero attached hydrogens (tertiary/aromatic N) is 4. The van der Waals surface area contributed by atoms with Gasteiger partial charge in [-0.1, -0.05) is 17.7 Å². The van der Waals surface area contributed by atoms with E-state index in [4.69, 9.17) is 16.3 Å². The smallest absolute Gasteiger partial charge is 0.393 e. The van der Waals surface area contributed by atoms with Crippen molar-refractivity contribution in [3.05, 3.63) is 57.1 Å². The van der Waals surface area contributed by atoms with Crippen molar-refractivity contribution in [2.75, 3.05) is 31.6 Å². The summed E-state index contributed by atoms with van der Waals surface area (Å²) in [5.74, 6) is -5.15. The molecule has 4 rings (SSSR count). The van der Waals surface area contributed by atoms with E-state index in [-0.39, 0.29) is 35.4 Å². The molecule has 3 aromatic rings. The maximum absolute atomic E-state index is 13.4. The molecule has 0 unspecified atom stereocenters. The third-order valence-electron chi connectivity index (χ3n) is 6.73. The fourth-order valence-electron chi connectivity index (χ4n) is 4.53. The van der Waals surface area contributed by atoms with Crippen LogP contribution in [0.15, 0.2) is 35.3 Å². The van der Waals surface area contributed by atoms with Crippen molar-refractivity contribution < 1.29 is 35.9 Å². The van der Waals surface area contributed by atoms with E-state index < -0.39 is 55.2 Å². The monoisotopic (exact) mass is 591 g/mol. The largest absolute Gasteiger partial charge is 0.478 e. The summed E-state index contributed by atoms with van der Waals surface area (Å²) in [6, 6.07) is 6.53. The molecule has 15 heteroatoms. The van der Waals surface area contributed by atoms with Crippen molar-refractivity contribution >= 4 is 34.4 Å². The molecule has 1 aliphatic heterocycles. The molecule has 0 saturated carbocycles. The number of hydrogen-bond acceptors (Lipinski definition) is 6. The number of hydrogen-bond donors (Lipinski definition) is 1. The quantitative estimate of drug-likeness (QED) is 0.431. The van der Waals surface area contributed by atoms with Crippen molar-refractivity contribution in [3.63, 3.8) is 0 Å². The number of anilines is 1. The van der Waals surface area contributed by atoms with Gasteiger partial charge in [-0.25, -0.2) is 9.97 Å². The number of amides is 1. The van der Waals surface area contributed by atoms with E-state index in [1.165, 1.54) is 24.7 Å². The van der Waals surface area contributed by atoms with Crippen LogP contribution in [0, 0.1) is 11.8 Å². The first kappa shape index (κ1) is 29.4. The molecule has 0 bridgehead atoms. The molecule has 8 nitrogen and oxygen atoms in total. The lowest BCUT2D eigenvalue weighted by atomic mass is 9.88. The summed E-state index contributed by atoms with van der Waals surface area (Å²) in [7, 11) is 2.96. The van der Waals surface area contributed by atoms with Crippen LogP contribution < -0.4 is 20.5 Å². The number of likely N-dealkylation sites (N-methyl/N-ethyl adjacent to an activating group) is 1. The Kier molecular flexibility index (Phi) is 8.20. The topological polar surface area (TPSA) is 89.3 Å². The van der Waals surface area contributed by atoms with Crippen LogP contribution in [0.25, 0.3) is 10.9 Å². The van der Waals surface area contributed by atoms with Gasteiger partial charge in [0.1, 0.15) is 0 Å². The minimum atomic E-state index is -4.81. The Balaban J connectivity index is 1.63. The van der Waals surface area contributed by atoms with Crippen molar-refractivity contribution in [2.24, 2.45) is 18.9 Å². The molecule has 1 aromatic carbocycles. The molecule has 2 aromatic heterocycles. The van der Waals surface area contributed by atoms with Crippen LogP contribution in [0.3, 0.4) is 0 Å². The molecule has 216 valence electrons. The summed E-state index contributed by atoms with van der Waals surface area (Å²) in [4.78, 5) is 33.2. The summed E-state index contributed by atoms with van der Waals surface area (Å²) < 4.78 is 87.3. The second-order valence-corrected chi connectivity index (χ2v) is 9.89. The lowest BCUT2D eigenvalue weighted by molar-refractivity contribution is -0.214. The fourth-order valence-corrected chi connectivity index (χ4v) is 4.69. The van der Waals surface area contributed by atoms with E-state index >= 15 is 0 Å². The van der Waals surface area contributed by atoms with Gasteiger partial charge in [0.05, 0.1) is 34.3 Å². The van der Waals surface area contributed by atoms with Crippen LogP contribution >= 0.6 is 11.6 Å². The van der Waals surface area contributed by atoms with Crippen LogP contribution in [-0.4, -0.2) is 59.5 Å². The Morgan fingerprint density at radius 1 is 1.12 bits per heavy atom. The summed E-state index contributed by atoms with van der Waals surface area (Å²) in [5, 5.41) is 3.04. The average molecular weight is 592 g/mol. The van der Waals surface area contributed by atoms with Gasteiger partial charge in [-0.05, 0) is 30.2 Å². The van der Waals surface area contributed by atoms with Crippen LogP contribution in [0.1, 0.15) is 17.7 Å². The zero-order valence-electron chi connectivity index (χ0n) is 21.2. The normalized spacial score (nSPS) is 18.2. The number of fused-ring (bicyclic) bond motifs is 1. The van der Waals surface area contributed by atoms with E-state index in [1.54, 1.807) is 18.2 Å². The molecule has 1 saturated heterocycles. The molecule has 0 radical (unpaired) electrons. The summed E-state index contributed by atoms with van der Waals surface area (Å²) in [5.41, 5.74) is 0.934. The minimum Gasteiger partial charge on any atom is -0.478 e. The Bertz CT molecular complexity index is 1450. The first-order chi connectivity index (χ1) is 18.7. The Morgan fingerprint density at radius 3 is 2.38 bits per heavy atom. The first-order valence-corrected chi connectivity index (χ1v) is 12.4. The van der Waals surface area contributed by atoms with E-state index in [0.717, 1.165) is 11.1 Å². The van der Waals surface area contributed by atoms with Crippen molar-refractivity contribution in [1.29, 1.82) is 0 Å². The molecule has 3 heterocycles. The maximum Gasteiger partial charge on any atom is 0.393 e. The minimum absolute atomic E-state index is 0.0540. The van der Waals surface area contributed by atoms with Gasteiger partial charge >= 0.3 is 12.4 Å². The number of benzene rings is 1. The van der Waals surface area contributed by atoms with Gasteiger partial charge in [0.2, 0.25) is 5.95 Å². The van der Waals surface area contributed by atoms with E-state index in [0.29, 0.717) is 16.5 Å². The Morgan fingerprint density at radius 2 is 1.77 bits per heavy atom. The summed E-state index contributed by atoms with van der Waals surface area (Å²) in [6.45, 7) is -1.78. The van der Waals surface area contributed by atoms with E-state index in [2.05, 4.69) is 15.3 Å². The highest BCUT2D eigenvalue weighted by Crippen LogP contribution is 2.42. The number of piperidine rings is 1. The van der Waals surface area contributed by atoms with Gasteiger partial charge < -0.3 is 19.5 Å². The average Bonchev–Trinajstić information content (AvgIpc) is 2.89. The molecule has 1 amide bonds. The summed E-state index contributed by atoms with van der Waals surface area (Å²) in [6.07, 6.45) is -9.47. The van der Waals surface area contributed by atoms with Crippen LogP contribution in [0.4, 0.5) is 32.3 Å². The van der Waals surface area contributed by atoms with Gasteiger partial charge in [0.25, 0.3) is 11.5 Å². The highest BCUT2D eigenvalue weighted by atomic mass is 35.5. The van der Waals surface area contributed by atoms with Crippen LogP contribution in [-0.2, 0) is 18.3 Å². The second-order valence-electron chi connectivity index (χ2n) is 9.49. The zero-order chi connectivity index (χ0) is 29.4. The standard InChI is InChI=1S/C25H24ClF6N5O3/c1-33-21(38)12-40-20-7-14-5-13(3-4-19(14)36(2)22(20)39)6-18-17(26)9-34-23(35-18)37-10-15(24(27,28)29)8-16(11-37)25(30,31)32/h3-5,7,9,15-16H,6,8,10-12H2,1-2H3,(H,33,38)/t15-,16+. The third kappa shape index (κ3) is 6.43. The number of ether oxygens (including phenoxy) is 1. The second kappa shape index (κ2) is 11.1. The molecule has 0 spiro atoms. The molecule has 0 aliphatic carbocycles. The Hall–Kier alpha value is -3.55. The maximum atomic E-state index is 13.4. The lowest BCUT2D eigenvalue weighted by Crippen LogP contribution is -2.50. The Labute approximate surface area is 228 Å².